The van der Waals surface area contributed by atoms with Crippen LogP contribution in [0.25, 0.3) is 0 Å². The third-order valence-electron chi connectivity index (χ3n) is 4.85. The molecule has 1 aromatic carbocycles. The molecule has 1 heterocycles. The molecule has 0 unspecified atom stereocenters. The van der Waals surface area contributed by atoms with E-state index in [4.69, 9.17) is 4.74 Å². The maximum absolute atomic E-state index is 11.3. The van der Waals surface area contributed by atoms with Crippen molar-refractivity contribution < 1.29 is 14.6 Å². The summed E-state index contributed by atoms with van der Waals surface area (Å²) in [4.78, 5) is 11.3. The maximum Gasteiger partial charge on any atom is 0.303 e. The summed E-state index contributed by atoms with van der Waals surface area (Å²) < 4.78 is 5.91. The zero-order valence-corrected chi connectivity index (χ0v) is 13.3. The van der Waals surface area contributed by atoms with E-state index in [1.54, 1.807) is 0 Å². The number of aliphatic carboxylic acids is 1. The van der Waals surface area contributed by atoms with Gasteiger partial charge in [-0.05, 0) is 50.5 Å². The van der Waals surface area contributed by atoms with Crippen LogP contribution in [0.15, 0.2) is 24.3 Å². The lowest BCUT2D eigenvalue weighted by Crippen LogP contribution is -2.38. The minimum absolute atomic E-state index is 0.0814. The molecular formula is C18H26O3. The van der Waals surface area contributed by atoms with E-state index in [-0.39, 0.29) is 17.9 Å². The highest BCUT2D eigenvalue weighted by Crippen LogP contribution is 2.41. The van der Waals surface area contributed by atoms with Crippen molar-refractivity contribution >= 4 is 5.97 Å². The van der Waals surface area contributed by atoms with Crippen molar-refractivity contribution in [3.8, 4) is 0 Å². The molecule has 0 radical (unpaired) electrons. The number of rotatable bonds is 5. The van der Waals surface area contributed by atoms with E-state index >= 15 is 0 Å². The van der Waals surface area contributed by atoms with Crippen LogP contribution in [0.1, 0.15) is 56.6 Å². The standard InChI is InChI=1S/C18H26O3/c1-4-18(3)12-15(9-10-21-18)16(11-17(19)20)14-7-5-13(2)6-8-14/h5-8,15-16H,4,9-12H2,1-3H3,(H,19,20)/t15-,16+,18-/m1/s1. The van der Waals surface area contributed by atoms with Crippen molar-refractivity contribution in [3.05, 3.63) is 35.4 Å². The Labute approximate surface area is 127 Å². The first-order valence-electron chi connectivity index (χ1n) is 7.86. The average molecular weight is 290 g/mol. The lowest BCUT2D eigenvalue weighted by atomic mass is 9.74. The fourth-order valence-corrected chi connectivity index (χ4v) is 3.32. The molecule has 3 nitrogen and oxygen atoms in total. The normalized spacial score (nSPS) is 27.3. The van der Waals surface area contributed by atoms with Gasteiger partial charge < -0.3 is 9.84 Å². The SMILES string of the molecule is CC[C@]1(C)C[C@H]([C@@H](CC(=O)O)c2ccc(C)cc2)CCO1. The van der Waals surface area contributed by atoms with Crippen LogP contribution in [0.4, 0.5) is 0 Å². The first-order valence-corrected chi connectivity index (χ1v) is 7.86. The highest BCUT2D eigenvalue weighted by atomic mass is 16.5. The summed E-state index contributed by atoms with van der Waals surface area (Å²) in [6.07, 6.45) is 3.06. The molecular weight excluding hydrogens is 264 g/mol. The lowest BCUT2D eigenvalue weighted by molar-refractivity contribution is -0.139. The number of hydrogen-bond acceptors (Lipinski definition) is 2. The number of carbonyl (C=O) groups is 1. The summed E-state index contributed by atoms with van der Waals surface area (Å²) in [5.41, 5.74) is 2.25. The minimum Gasteiger partial charge on any atom is -0.481 e. The van der Waals surface area contributed by atoms with Crippen LogP contribution >= 0.6 is 0 Å². The highest BCUT2D eigenvalue weighted by molar-refractivity contribution is 5.68. The summed E-state index contributed by atoms with van der Waals surface area (Å²) in [5, 5.41) is 9.29. The van der Waals surface area contributed by atoms with Crippen molar-refractivity contribution in [1.82, 2.24) is 0 Å². The molecule has 1 aromatic rings. The van der Waals surface area contributed by atoms with Gasteiger partial charge in [-0.15, -0.1) is 0 Å². The first-order chi connectivity index (χ1) is 9.93. The van der Waals surface area contributed by atoms with Crippen molar-refractivity contribution in [2.75, 3.05) is 6.61 Å². The van der Waals surface area contributed by atoms with Gasteiger partial charge in [0.1, 0.15) is 0 Å². The molecule has 0 saturated carbocycles. The van der Waals surface area contributed by atoms with Gasteiger partial charge >= 0.3 is 5.97 Å². The van der Waals surface area contributed by atoms with E-state index in [2.05, 4.69) is 45.0 Å². The second kappa shape index (κ2) is 6.61. The Kier molecular flexibility index (Phi) is 5.04. The van der Waals surface area contributed by atoms with Gasteiger partial charge in [0.25, 0.3) is 0 Å². The molecule has 0 amide bonds. The zero-order chi connectivity index (χ0) is 15.5. The topological polar surface area (TPSA) is 46.5 Å². The molecule has 2 rings (SSSR count). The van der Waals surface area contributed by atoms with Crippen molar-refractivity contribution in [2.45, 2.75) is 58.0 Å². The van der Waals surface area contributed by atoms with E-state index in [1.807, 2.05) is 0 Å². The summed E-state index contributed by atoms with van der Waals surface area (Å²) in [6.45, 7) is 7.07. The van der Waals surface area contributed by atoms with Gasteiger partial charge in [-0.25, -0.2) is 0 Å². The number of aryl methyl sites for hydroxylation is 1. The molecule has 3 atom stereocenters. The molecule has 0 aliphatic carbocycles. The molecule has 0 aromatic heterocycles. The van der Waals surface area contributed by atoms with Crippen LogP contribution in [-0.4, -0.2) is 23.3 Å². The summed E-state index contributed by atoms with van der Waals surface area (Å²) in [7, 11) is 0. The molecule has 0 bridgehead atoms. The molecule has 1 aliphatic rings. The van der Waals surface area contributed by atoms with Crippen LogP contribution in [0.3, 0.4) is 0 Å². The Hall–Kier alpha value is -1.35. The number of hydrogen-bond donors (Lipinski definition) is 1. The summed E-state index contributed by atoms with van der Waals surface area (Å²) in [5.74, 6) is -0.259. The Morgan fingerprint density at radius 1 is 1.43 bits per heavy atom. The predicted molar refractivity (Wildman–Crippen MR) is 83.5 cm³/mol. The largest absolute Gasteiger partial charge is 0.481 e. The molecule has 1 N–H and O–H groups in total. The van der Waals surface area contributed by atoms with Crippen molar-refractivity contribution in [2.24, 2.45) is 5.92 Å². The molecule has 1 saturated heterocycles. The zero-order valence-electron chi connectivity index (χ0n) is 13.3. The molecule has 21 heavy (non-hydrogen) atoms. The minimum atomic E-state index is -0.717. The van der Waals surface area contributed by atoms with Crippen molar-refractivity contribution in [3.63, 3.8) is 0 Å². The van der Waals surface area contributed by atoms with Gasteiger partial charge in [-0.1, -0.05) is 36.8 Å². The van der Waals surface area contributed by atoms with Crippen LogP contribution in [-0.2, 0) is 9.53 Å². The van der Waals surface area contributed by atoms with Crippen molar-refractivity contribution in [1.29, 1.82) is 0 Å². The molecule has 0 spiro atoms. The van der Waals surface area contributed by atoms with E-state index in [0.717, 1.165) is 31.4 Å². The second-order valence-electron chi connectivity index (χ2n) is 6.52. The van der Waals surface area contributed by atoms with E-state index in [9.17, 15) is 9.90 Å². The second-order valence-corrected chi connectivity index (χ2v) is 6.52. The third kappa shape index (κ3) is 4.07. The van der Waals surface area contributed by atoms with Gasteiger partial charge in [0.15, 0.2) is 0 Å². The summed E-state index contributed by atoms with van der Waals surface area (Å²) >= 11 is 0. The number of benzene rings is 1. The Morgan fingerprint density at radius 2 is 2.10 bits per heavy atom. The van der Waals surface area contributed by atoms with Gasteiger partial charge in [-0.2, -0.15) is 0 Å². The monoisotopic (exact) mass is 290 g/mol. The van der Waals surface area contributed by atoms with E-state index in [0.29, 0.717) is 5.92 Å². The predicted octanol–water partition coefficient (Wildman–Crippen LogP) is 4.15. The Bertz CT molecular complexity index is 480. The quantitative estimate of drug-likeness (QED) is 0.886. The Morgan fingerprint density at radius 3 is 2.67 bits per heavy atom. The van der Waals surface area contributed by atoms with Crippen LogP contribution in [0.2, 0.25) is 0 Å². The van der Waals surface area contributed by atoms with Crippen LogP contribution in [0, 0.1) is 12.8 Å². The smallest absolute Gasteiger partial charge is 0.303 e. The van der Waals surface area contributed by atoms with Gasteiger partial charge in [0.05, 0.1) is 12.0 Å². The highest BCUT2D eigenvalue weighted by Gasteiger charge is 2.36. The molecule has 3 heteroatoms. The molecule has 116 valence electrons. The van der Waals surface area contributed by atoms with Crippen LogP contribution in [0.5, 0.6) is 0 Å². The van der Waals surface area contributed by atoms with Crippen LogP contribution < -0.4 is 0 Å². The summed E-state index contributed by atoms with van der Waals surface area (Å²) in [6, 6.07) is 8.31. The number of carboxylic acid groups (broad SMARTS) is 1. The first kappa shape index (κ1) is 16.0. The molecule has 1 aliphatic heterocycles. The average Bonchev–Trinajstić information content (AvgIpc) is 2.46. The third-order valence-corrected chi connectivity index (χ3v) is 4.85. The van der Waals surface area contributed by atoms with Gasteiger partial charge in [0.2, 0.25) is 0 Å². The van der Waals surface area contributed by atoms with E-state index in [1.165, 1.54) is 5.56 Å². The lowest BCUT2D eigenvalue weighted by Gasteiger charge is -2.41. The van der Waals surface area contributed by atoms with Gasteiger partial charge in [-0.3, -0.25) is 4.79 Å². The number of carboxylic acids is 1. The maximum atomic E-state index is 11.3. The van der Waals surface area contributed by atoms with E-state index < -0.39 is 5.97 Å². The Balaban J connectivity index is 2.23. The van der Waals surface area contributed by atoms with Gasteiger partial charge in [0, 0.05) is 6.61 Å². The molecule has 1 fully saturated rings. The fraction of sp³-hybridized carbons (Fsp3) is 0.611. The number of ether oxygens (including phenoxy) is 1. The fourth-order valence-electron chi connectivity index (χ4n) is 3.32.